The van der Waals surface area contributed by atoms with Crippen LogP contribution in [0.3, 0.4) is 0 Å². The first-order valence-electron chi connectivity index (χ1n) is 6.49. The molecule has 2 nitrogen and oxygen atoms in total. The van der Waals surface area contributed by atoms with Crippen LogP contribution in [0.15, 0.2) is 17.3 Å². The topological polar surface area (TPSA) is 16.1 Å². The molecule has 0 spiro atoms. The van der Waals surface area contributed by atoms with Gasteiger partial charge in [0.2, 0.25) is 0 Å². The molecule has 0 aliphatic carbocycles. The lowest BCUT2D eigenvalue weighted by Crippen LogP contribution is -2.20. The van der Waals surface area contributed by atoms with Gasteiger partial charge in [-0.1, -0.05) is 29.6 Å². The second-order valence-electron chi connectivity index (χ2n) is 4.51. The molecule has 19 heavy (non-hydrogen) atoms. The van der Waals surface area contributed by atoms with E-state index in [2.05, 4.69) is 9.88 Å². The Morgan fingerprint density at radius 1 is 1.32 bits per heavy atom. The third-order valence-corrected chi connectivity index (χ3v) is 5.67. The second-order valence-corrected chi connectivity index (χ2v) is 7.51. The highest BCUT2D eigenvalue weighted by Gasteiger charge is 2.10. The molecule has 1 aromatic rings. The van der Waals surface area contributed by atoms with E-state index in [1.807, 2.05) is 11.8 Å². The first-order valence-corrected chi connectivity index (χ1v) is 9.39. The van der Waals surface area contributed by atoms with Crippen LogP contribution < -0.4 is 0 Å². The minimum atomic E-state index is 0.595. The fraction of sp³-hybridized carbons (Fsp3) is 0.615. The Kier molecular flexibility index (Phi) is 7.16. The first-order chi connectivity index (χ1) is 9.25. The van der Waals surface area contributed by atoms with Crippen molar-refractivity contribution in [2.24, 2.45) is 0 Å². The molecule has 2 heterocycles. The van der Waals surface area contributed by atoms with E-state index >= 15 is 0 Å². The van der Waals surface area contributed by atoms with Crippen LogP contribution in [0.2, 0.25) is 10.0 Å². The van der Waals surface area contributed by atoms with Crippen molar-refractivity contribution in [3.05, 3.63) is 22.3 Å². The number of hydrogen-bond acceptors (Lipinski definition) is 4. The summed E-state index contributed by atoms with van der Waals surface area (Å²) >= 11 is 15.7. The summed E-state index contributed by atoms with van der Waals surface area (Å²) in [6.45, 7) is 2.52. The van der Waals surface area contributed by atoms with E-state index < -0.39 is 0 Å². The van der Waals surface area contributed by atoms with Gasteiger partial charge < -0.3 is 0 Å². The van der Waals surface area contributed by atoms with Crippen LogP contribution >= 0.6 is 46.7 Å². The highest BCUT2D eigenvalue weighted by Crippen LogP contribution is 2.27. The van der Waals surface area contributed by atoms with Gasteiger partial charge in [0.25, 0.3) is 0 Å². The molecule has 6 heteroatoms. The Morgan fingerprint density at radius 2 is 2.21 bits per heavy atom. The Balaban J connectivity index is 1.56. The fourth-order valence-corrected chi connectivity index (χ4v) is 4.36. The summed E-state index contributed by atoms with van der Waals surface area (Å²) in [7, 11) is 0. The van der Waals surface area contributed by atoms with Gasteiger partial charge in [0.1, 0.15) is 5.03 Å². The van der Waals surface area contributed by atoms with E-state index in [-0.39, 0.29) is 0 Å². The molecule has 1 aromatic heterocycles. The van der Waals surface area contributed by atoms with Crippen molar-refractivity contribution in [2.75, 3.05) is 30.5 Å². The number of aromatic nitrogens is 1. The Hall–Kier alpha value is 0.390. The molecule has 0 bridgehead atoms. The van der Waals surface area contributed by atoms with E-state index in [0.29, 0.717) is 10.0 Å². The highest BCUT2D eigenvalue weighted by atomic mass is 35.5. The third-order valence-electron chi connectivity index (χ3n) is 2.96. The maximum Gasteiger partial charge on any atom is 0.115 e. The molecule has 0 N–H and O–H groups in total. The Bertz CT molecular complexity index is 398. The van der Waals surface area contributed by atoms with Crippen molar-refractivity contribution in [3.63, 3.8) is 0 Å². The molecule has 2 rings (SSSR count). The maximum atomic E-state index is 6.08. The molecule has 0 radical (unpaired) electrons. The number of pyridine rings is 1. The van der Waals surface area contributed by atoms with Gasteiger partial charge in [-0.2, -0.15) is 0 Å². The predicted octanol–water partition coefficient (Wildman–Crippen LogP) is 4.66. The summed E-state index contributed by atoms with van der Waals surface area (Å²) in [5.74, 6) is 3.60. The van der Waals surface area contributed by atoms with Crippen LogP contribution in [0.25, 0.3) is 0 Å². The summed E-state index contributed by atoms with van der Waals surface area (Å²) in [6, 6.07) is 1.75. The van der Waals surface area contributed by atoms with Crippen LogP contribution in [0.1, 0.15) is 19.3 Å². The lowest BCUT2D eigenvalue weighted by atomic mass is 10.2. The van der Waals surface area contributed by atoms with Gasteiger partial charge >= 0.3 is 0 Å². The molecule has 0 saturated carbocycles. The van der Waals surface area contributed by atoms with Gasteiger partial charge in [0, 0.05) is 24.4 Å². The van der Waals surface area contributed by atoms with E-state index in [0.717, 1.165) is 10.8 Å². The van der Waals surface area contributed by atoms with Crippen molar-refractivity contribution in [2.45, 2.75) is 24.3 Å². The molecule has 1 fully saturated rings. The zero-order valence-electron chi connectivity index (χ0n) is 10.8. The highest BCUT2D eigenvalue weighted by molar-refractivity contribution is 7.99. The molecule has 1 aliphatic rings. The van der Waals surface area contributed by atoms with Crippen molar-refractivity contribution in [1.29, 1.82) is 0 Å². The first kappa shape index (κ1) is 15.8. The Labute approximate surface area is 133 Å². The monoisotopic (exact) mass is 336 g/mol. The maximum absolute atomic E-state index is 6.08. The van der Waals surface area contributed by atoms with Crippen molar-refractivity contribution in [1.82, 2.24) is 9.88 Å². The lowest BCUT2D eigenvalue weighted by Gasteiger charge is -2.12. The molecule has 0 amide bonds. The minimum Gasteiger partial charge on any atom is -0.293 e. The van der Waals surface area contributed by atoms with Gasteiger partial charge in [0.05, 0.1) is 10.0 Å². The molecular formula is C13H18Cl2N2S2. The zero-order valence-corrected chi connectivity index (χ0v) is 13.9. The number of hydrogen-bond donors (Lipinski definition) is 0. The normalized spacial score (nSPS) is 16.1. The fourth-order valence-electron chi connectivity index (χ4n) is 1.92. The summed E-state index contributed by atoms with van der Waals surface area (Å²) < 4.78 is 0. The Morgan fingerprint density at radius 3 is 2.95 bits per heavy atom. The smallest absolute Gasteiger partial charge is 0.115 e. The van der Waals surface area contributed by atoms with Gasteiger partial charge in [-0.15, -0.1) is 23.5 Å². The van der Waals surface area contributed by atoms with Crippen LogP contribution in [0.5, 0.6) is 0 Å². The number of unbranched alkanes of at least 4 members (excludes halogenated alkanes) is 2. The van der Waals surface area contributed by atoms with Gasteiger partial charge in [-0.05, 0) is 31.2 Å². The average Bonchev–Trinajstić information content (AvgIpc) is 2.89. The molecule has 0 unspecified atom stereocenters. The predicted molar refractivity (Wildman–Crippen MR) is 87.7 cm³/mol. The molecule has 0 atom stereocenters. The van der Waals surface area contributed by atoms with Crippen LogP contribution in [-0.4, -0.2) is 40.4 Å². The average molecular weight is 337 g/mol. The molecule has 1 aliphatic heterocycles. The van der Waals surface area contributed by atoms with Gasteiger partial charge in [-0.25, -0.2) is 4.98 Å². The number of nitrogens with zero attached hydrogens (tertiary/aromatic N) is 2. The van der Waals surface area contributed by atoms with E-state index in [1.54, 1.807) is 24.0 Å². The molecule has 1 saturated heterocycles. The van der Waals surface area contributed by atoms with Crippen molar-refractivity contribution in [3.8, 4) is 0 Å². The molecular weight excluding hydrogens is 319 g/mol. The SMILES string of the molecule is Clc1cnc(SCCCCCN2CCSC2)c(Cl)c1. The summed E-state index contributed by atoms with van der Waals surface area (Å²) in [4.78, 5) is 6.78. The largest absolute Gasteiger partial charge is 0.293 e. The summed E-state index contributed by atoms with van der Waals surface area (Å²) in [6.07, 6.45) is 5.44. The summed E-state index contributed by atoms with van der Waals surface area (Å²) in [5.41, 5.74) is 0. The van der Waals surface area contributed by atoms with Crippen molar-refractivity contribution < 1.29 is 0 Å². The molecule has 106 valence electrons. The number of halogens is 2. The zero-order chi connectivity index (χ0) is 13.5. The lowest BCUT2D eigenvalue weighted by molar-refractivity contribution is 0.346. The van der Waals surface area contributed by atoms with Gasteiger partial charge in [-0.3, -0.25) is 4.90 Å². The van der Waals surface area contributed by atoms with E-state index in [9.17, 15) is 0 Å². The van der Waals surface area contributed by atoms with Crippen LogP contribution in [0.4, 0.5) is 0 Å². The second kappa shape index (κ2) is 8.63. The van der Waals surface area contributed by atoms with Crippen LogP contribution in [0, 0.1) is 0 Å². The standard InChI is InChI=1S/C13H18Cl2N2S2/c14-11-8-12(15)13(16-9-11)19-6-3-1-2-4-17-5-7-18-10-17/h8-9H,1-7,10H2. The quantitative estimate of drug-likeness (QED) is 0.531. The minimum absolute atomic E-state index is 0.595. The number of thioether (sulfide) groups is 2. The third kappa shape index (κ3) is 5.72. The summed E-state index contributed by atoms with van der Waals surface area (Å²) in [5, 5.41) is 2.14. The van der Waals surface area contributed by atoms with Crippen molar-refractivity contribution >= 4 is 46.7 Å². The van der Waals surface area contributed by atoms with Crippen LogP contribution in [-0.2, 0) is 0 Å². The molecule has 0 aromatic carbocycles. The van der Waals surface area contributed by atoms with E-state index in [1.165, 1.54) is 44.0 Å². The van der Waals surface area contributed by atoms with E-state index in [4.69, 9.17) is 23.2 Å². The number of rotatable bonds is 7. The van der Waals surface area contributed by atoms with Gasteiger partial charge in [0.15, 0.2) is 0 Å².